The van der Waals surface area contributed by atoms with Gasteiger partial charge in [-0.25, -0.2) is 0 Å². The van der Waals surface area contributed by atoms with Crippen molar-refractivity contribution in [3.63, 3.8) is 0 Å². The highest BCUT2D eigenvalue weighted by Gasteiger charge is 2.30. The first-order valence-corrected chi connectivity index (χ1v) is 6.74. The van der Waals surface area contributed by atoms with E-state index < -0.39 is 17.6 Å². The number of carbonyl (C=O) groups excluding carboxylic acids is 1. The van der Waals surface area contributed by atoms with E-state index in [4.69, 9.17) is 16.6 Å². The molecule has 19 heavy (non-hydrogen) atoms. The molecule has 0 aliphatic heterocycles. The maximum Gasteiger partial charge on any atom is 0.305 e. The summed E-state index contributed by atoms with van der Waals surface area (Å²) in [4.78, 5) is 23.0. The van der Waals surface area contributed by atoms with E-state index >= 15 is 0 Å². The van der Waals surface area contributed by atoms with Gasteiger partial charge in [-0.2, -0.15) is 0 Å². The summed E-state index contributed by atoms with van der Waals surface area (Å²) in [5, 5.41) is 8.74. The highest BCUT2D eigenvalue weighted by molar-refractivity contribution is 6.01. The Hall–Kier alpha value is -1.20. The number of aliphatic carboxylic acids is 1. The van der Waals surface area contributed by atoms with Crippen LogP contribution in [0.5, 0.6) is 0 Å². The Morgan fingerprint density at radius 3 is 2.32 bits per heavy atom. The molecule has 5 heteroatoms. The molecule has 5 N–H and O–H groups in total. The number of rotatable bonds is 6. The third-order valence-corrected chi connectivity index (χ3v) is 3.34. The molecule has 0 bridgehead atoms. The molecule has 1 unspecified atom stereocenters. The highest BCUT2D eigenvalue weighted by Crippen LogP contribution is 2.33. The van der Waals surface area contributed by atoms with Crippen LogP contribution in [0.2, 0.25) is 0 Å². The van der Waals surface area contributed by atoms with Gasteiger partial charge in [0, 0.05) is 5.54 Å². The number of Topliss-reactive ketones (excluding diaryl/α,β-unsaturated/α-hetero) is 1. The van der Waals surface area contributed by atoms with Gasteiger partial charge in [0.2, 0.25) is 0 Å². The van der Waals surface area contributed by atoms with Crippen molar-refractivity contribution in [1.82, 2.24) is 0 Å². The van der Waals surface area contributed by atoms with Crippen molar-refractivity contribution in [2.75, 3.05) is 0 Å². The van der Waals surface area contributed by atoms with Gasteiger partial charge >= 0.3 is 5.97 Å². The minimum atomic E-state index is -1.06. The molecule has 1 atom stereocenters. The van der Waals surface area contributed by atoms with Crippen LogP contribution in [0.25, 0.3) is 0 Å². The fourth-order valence-corrected chi connectivity index (χ4v) is 2.52. The van der Waals surface area contributed by atoms with Gasteiger partial charge in [-0.1, -0.05) is 18.9 Å². The fourth-order valence-electron chi connectivity index (χ4n) is 2.52. The summed E-state index contributed by atoms with van der Waals surface area (Å²) in [6.07, 6.45) is 5.50. The van der Waals surface area contributed by atoms with Crippen molar-refractivity contribution in [3.8, 4) is 0 Å². The first-order chi connectivity index (χ1) is 8.70. The second-order valence-corrected chi connectivity index (χ2v) is 5.97. The molecule has 1 fully saturated rings. The number of nitrogens with two attached hydrogens (primary N) is 2. The lowest BCUT2D eigenvalue weighted by molar-refractivity contribution is -0.138. The van der Waals surface area contributed by atoms with Gasteiger partial charge in [-0.3, -0.25) is 9.59 Å². The zero-order valence-electron chi connectivity index (χ0n) is 11.7. The average Bonchev–Trinajstić information content (AvgIpc) is 2.75. The maximum atomic E-state index is 12.3. The monoisotopic (exact) mass is 268 g/mol. The molecule has 108 valence electrons. The van der Waals surface area contributed by atoms with E-state index in [2.05, 4.69) is 0 Å². The van der Waals surface area contributed by atoms with Gasteiger partial charge in [-0.05, 0) is 38.2 Å². The molecule has 0 spiro atoms. The molecule has 0 radical (unpaired) electrons. The molecule has 0 amide bonds. The van der Waals surface area contributed by atoms with Crippen LogP contribution in [0, 0.1) is 5.92 Å². The highest BCUT2D eigenvalue weighted by atomic mass is 16.4. The van der Waals surface area contributed by atoms with E-state index in [1.165, 1.54) is 0 Å². The van der Waals surface area contributed by atoms with E-state index in [9.17, 15) is 9.59 Å². The third kappa shape index (κ3) is 5.12. The predicted octanol–water partition coefficient (Wildman–Crippen LogP) is 1.21. The molecule has 1 aliphatic carbocycles. The van der Waals surface area contributed by atoms with E-state index in [0.29, 0.717) is 5.57 Å². The Morgan fingerprint density at radius 1 is 1.37 bits per heavy atom. The molecule has 1 aliphatic rings. The SMILES string of the molecule is CC(C)(N)C=C(C(=O)C(N)CC(=O)O)C1CCCC1. The van der Waals surface area contributed by atoms with Gasteiger partial charge in [0.25, 0.3) is 0 Å². The number of carboxylic acids is 1. The van der Waals surface area contributed by atoms with Crippen LogP contribution in [-0.4, -0.2) is 28.4 Å². The zero-order valence-corrected chi connectivity index (χ0v) is 11.7. The van der Waals surface area contributed by atoms with E-state index in [1.807, 2.05) is 13.8 Å². The van der Waals surface area contributed by atoms with Crippen LogP contribution in [0.15, 0.2) is 11.6 Å². The molecule has 0 heterocycles. The van der Waals surface area contributed by atoms with E-state index in [-0.39, 0.29) is 18.1 Å². The number of hydrogen-bond acceptors (Lipinski definition) is 4. The van der Waals surface area contributed by atoms with Gasteiger partial charge < -0.3 is 16.6 Å². The summed E-state index contributed by atoms with van der Waals surface area (Å²) in [7, 11) is 0. The Kier molecular flexibility index (Phi) is 5.26. The van der Waals surface area contributed by atoms with Gasteiger partial charge in [0.05, 0.1) is 12.5 Å². The van der Waals surface area contributed by atoms with Crippen LogP contribution < -0.4 is 11.5 Å². The number of carboxylic acid groups (broad SMARTS) is 1. The van der Waals surface area contributed by atoms with Crippen LogP contribution in [0.4, 0.5) is 0 Å². The van der Waals surface area contributed by atoms with Crippen LogP contribution in [0.1, 0.15) is 46.0 Å². The minimum absolute atomic E-state index is 0.176. The zero-order chi connectivity index (χ0) is 14.6. The molecule has 0 aromatic heterocycles. The van der Waals surface area contributed by atoms with E-state index in [1.54, 1.807) is 6.08 Å². The lowest BCUT2D eigenvalue weighted by Crippen LogP contribution is -2.38. The molecular weight excluding hydrogens is 244 g/mol. The number of carbonyl (C=O) groups is 2. The summed E-state index contributed by atoms with van der Waals surface area (Å²) < 4.78 is 0. The quantitative estimate of drug-likeness (QED) is 0.628. The standard InChI is InChI=1S/C14H24N2O3/c1-14(2,16)8-10(9-5-3-4-6-9)13(19)11(15)7-12(17)18/h8-9,11H,3-7,15-16H2,1-2H3,(H,17,18). The first kappa shape index (κ1) is 15.9. The molecule has 1 rings (SSSR count). The van der Waals surface area contributed by atoms with Gasteiger partial charge in [0.1, 0.15) is 0 Å². The first-order valence-electron chi connectivity index (χ1n) is 6.74. The predicted molar refractivity (Wildman–Crippen MR) is 73.5 cm³/mol. The van der Waals surface area contributed by atoms with Gasteiger partial charge in [0.15, 0.2) is 5.78 Å². The van der Waals surface area contributed by atoms with Crippen molar-refractivity contribution in [1.29, 1.82) is 0 Å². The molecule has 0 aromatic carbocycles. The lowest BCUT2D eigenvalue weighted by atomic mass is 9.86. The average molecular weight is 268 g/mol. The van der Waals surface area contributed by atoms with Crippen molar-refractivity contribution in [2.45, 2.75) is 57.5 Å². The van der Waals surface area contributed by atoms with Crippen molar-refractivity contribution in [2.24, 2.45) is 17.4 Å². The van der Waals surface area contributed by atoms with Crippen LogP contribution in [-0.2, 0) is 9.59 Å². The second-order valence-electron chi connectivity index (χ2n) is 5.97. The Balaban J connectivity index is 2.93. The molecule has 1 saturated carbocycles. The van der Waals surface area contributed by atoms with Crippen molar-refractivity contribution < 1.29 is 14.7 Å². The normalized spacial score (nSPS) is 19.5. The molecule has 0 aromatic rings. The Bertz CT molecular complexity index is 377. The van der Waals surface area contributed by atoms with Crippen LogP contribution >= 0.6 is 0 Å². The van der Waals surface area contributed by atoms with Crippen LogP contribution in [0.3, 0.4) is 0 Å². The summed E-state index contributed by atoms with van der Waals surface area (Å²) in [6.45, 7) is 3.63. The Morgan fingerprint density at radius 2 is 1.89 bits per heavy atom. The summed E-state index contributed by atoms with van der Waals surface area (Å²) >= 11 is 0. The summed E-state index contributed by atoms with van der Waals surface area (Å²) in [6, 6.07) is -0.980. The largest absolute Gasteiger partial charge is 0.481 e. The Labute approximate surface area is 114 Å². The minimum Gasteiger partial charge on any atom is -0.481 e. The number of ketones is 1. The van der Waals surface area contributed by atoms with Crippen molar-refractivity contribution in [3.05, 3.63) is 11.6 Å². The summed E-state index contributed by atoms with van der Waals surface area (Å²) in [5.74, 6) is -1.15. The second kappa shape index (κ2) is 6.30. The van der Waals surface area contributed by atoms with Crippen molar-refractivity contribution >= 4 is 11.8 Å². The molecular formula is C14H24N2O3. The smallest absolute Gasteiger partial charge is 0.305 e. The fraction of sp³-hybridized carbons (Fsp3) is 0.714. The van der Waals surface area contributed by atoms with E-state index in [0.717, 1.165) is 25.7 Å². The number of hydrogen-bond donors (Lipinski definition) is 3. The topological polar surface area (TPSA) is 106 Å². The third-order valence-electron chi connectivity index (χ3n) is 3.34. The summed E-state index contributed by atoms with van der Waals surface area (Å²) in [5.41, 5.74) is 11.7. The lowest BCUT2D eigenvalue weighted by Gasteiger charge is -2.22. The molecule has 0 saturated heterocycles. The maximum absolute atomic E-state index is 12.3. The molecule has 5 nitrogen and oxygen atoms in total. The van der Waals surface area contributed by atoms with Gasteiger partial charge in [-0.15, -0.1) is 0 Å².